The molecule has 5 heteroatoms. The molecule has 2 amide bonds. The first kappa shape index (κ1) is 15.5. The van der Waals surface area contributed by atoms with Gasteiger partial charge in [0.15, 0.2) is 0 Å². The molecule has 1 aliphatic rings. The second-order valence-electron chi connectivity index (χ2n) is 5.42. The van der Waals surface area contributed by atoms with Crippen molar-refractivity contribution in [1.82, 2.24) is 5.32 Å². The quantitative estimate of drug-likeness (QED) is 0.797. The highest BCUT2D eigenvalue weighted by atomic mass is 16.2. The van der Waals surface area contributed by atoms with Crippen LogP contribution in [0.3, 0.4) is 0 Å². The molecule has 1 aromatic rings. The lowest BCUT2D eigenvalue weighted by Crippen LogP contribution is -2.43. The molecule has 114 valence electrons. The fourth-order valence-electron chi connectivity index (χ4n) is 2.43. The van der Waals surface area contributed by atoms with Gasteiger partial charge in [-0.2, -0.15) is 0 Å². The van der Waals surface area contributed by atoms with Crippen LogP contribution in [0.15, 0.2) is 18.2 Å². The van der Waals surface area contributed by atoms with E-state index in [0.29, 0.717) is 6.42 Å². The number of piperidine rings is 1. The molecule has 1 aliphatic heterocycles. The van der Waals surface area contributed by atoms with Gasteiger partial charge in [0.05, 0.1) is 6.04 Å². The number of rotatable bonds is 4. The molecule has 1 saturated heterocycles. The van der Waals surface area contributed by atoms with E-state index in [0.717, 1.165) is 42.7 Å². The van der Waals surface area contributed by atoms with Crippen LogP contribution >= 0.6 is 0 Å². The smallest absolute Gasteiger partial charge is 0.241 e. The lowest BCUT2D eigenvalue weighted by molar-refractivity contribution is -0.118. The summed E-state index contributed by atoms with van der Waals surface area (Å²) in [6.07, 6.45) is 3.56. The second-order valence-corrected chi connectivity index (χ2v) is 5.42. The van der Waals surface area contributed by atoms with Crippen molar-refractivity contribution in [2.75, 3.05) is 17.2 Å². The monoisotopic (exact) mass is 289 g/mol. The van der Waals surface area contributed by atoms with Crippen LogP contribution in [0.5, 0.6) is 0 Å². The van der Waals surface area contributed by atoms with Gasteiger partial charge >= 0.3 is 0 Å². The van der Waals surface area contributed by atoms with Crippen LogP contribution in [0.4, 0.5) is 11.4 Å². The molecule has 3 N–H and O–H groups in total. The summed E-state index contributed by atoms with van der Waals surface area (Å²) in [6.45, 7) is 4.64. The van der Waals surface area contributed by atoms with Gasteiger partial charge in [-0.3, -0.25) is 9.59 Å². The molecule has 1 atom stereocenters. The Balaban J connectivity index is 2.00. The van der Waals surface area contributed by atoms with Crippen molar-refractivity contribution in [2.24, 2.45) is 0 Å². The van der Waals surface area contributed by atoms with E-state index < -0.39 is 0 Å². The topological polar surface area (TPSA) is 70.2 Å². The third-order valence-electron chi connectivity index (χ3n) is 3.72. The fourth-order valence-corrected chi connectivity index (χ4v) is 2.43. The summed E-state index contributed by atoms with van der Waals surface area (Å²) in [5.41, 5.74) is 2.49. The van der Waals surface area contributed by atoms with E-state index in [-0.39, 0.29) is 17.9 Å². The van der Waals surface area contributed by atoms with Gasteiger partial charge < -0.3 is 16.0 Å². The zero-order valence-electron chi connectivity index (χ0n) is 12.7. The van der Waals surface area contributed by atoms with Crippen LogP contribution in [0.1, 0.15) is 38.2 Å². The summed E-state index contributed by atoms with van der Waals surface area (Å²) in [6, 6.07) is 5.42. The number of amides is 2. The molecule has 1 aromatic carbocycles. The number of benzene rings is 1. The first-order valence-electron chi connectivity index (χ1n) is 7.55. The van der Waals surface area contributed by atoms with E-state index in [1.807, 2.05) is 32.0 Å². The minimum absolute atomic E-state index is 0.0161. The molecule has 5 nitrogen and oxygen atoms in total. The van der Waals surface area contributed by atoms with E-state index in [1.54, 1.807) is 0 Å². The van der Waals surface area contributed by atoms with E-state index in [1.165, 1.54) is 0 Å². The molecule has 1 heterocycles. The summed E-state index contributed by atoms with van der Waals surface area (Å²) in [5.74, 6) is 0.000681. The number of anilines is 2. The van der Waals surface area contributed by atoms with Crippen molar-refractivity contribution in [3.8, 4) is 0 Å². The number of carbonyl (C=O) groups excluding carboxylic acids is 2. The van der Waals surface area contributed by atoms with E-state index in [2.05, 4.69) is 16.0 Å². The highest BCUT2D eigenvalue weighted by molar-refractivity contribution is 5.96. The van der Waals surface area contributed by atoms with Crippen molar-refractivity contribution in [2.45, 2.75) is 45.6 Å². The molecular weight excluding hydrogens is 266 g/mol. The summed E-state index contributed by atoms with van der Waals surface area (Å²) < 4.78 is 0. The van der Waals surface area contributed by atoms with Crippen molar-refractivity contribution in [3.05, 3.63) is 23.8 Å². The van der Waals surface area contributed by atoms with Gasteiger partial charge in [0.1, 0.15) is 0 Å². The Kier molecular flexibility index (Phi) is 5.33. The van der Waals surface area contributed by atoms with Crippen molar-refractivity contribution < 1.29 is 9.59 Å². The van der Waals surface area contributed by atoms with E-state index >= 15 is 0 Å². The Morgan fingerprint density at radius 3 is 2.71 bits per heavy atom. The minimum Gasteiger partial charge on any atom is -0.326 e. The molecule has 0 saturated carbocycles. The van der Waals surface area contributed by atoms with Crippen LogP contribution in [-0.4, -0.2) is 24.4 Å². The molecule has 0 spiro atoms. The van der Waals surface area contributed by atoms with Crippen LogP contribution in [0, 0.1) is 6.92 Å². The predicted molar refractivity (Wildman–Crippen MR) is 84.4 cm³/mol. The molecule has 0 bridgehead atoms. The number of aryl methyl sites for hydroxylation is 1. The molecule has 21 heavy (non-hydrogen) atoms. The van der Waals surface area contributed by atoms with Crippen molar-refractivity contribution in [1.29, 1.82) is 0 Å². The van der Waals surface area contributed by atoms with Crippen molar-refractivity contribution >= 4 is 23.2 Å². The molecule has 0 unspecified atom stereocenters. The maximum Gasteiger partial charge on any atom is 0.241 e. The normalized spacial score (nSPS) is 18.1. The molecule has 2 rings (SSSR count). The number of hydrogen-bond donors (Lipinski definition) is 3. The van der Waals surface area contributed by atoms with Gasteiger partial charge in [-0.1, -0.05) is 13.3 Å². The third kappa shape index (κ3) is 4.29. The maximum atomic E-state index is 12.2. The molecular formula is C16H23N3O2. The predicted octanol–water partition coefficient (Wildman–Crippen LogP) is 2.42. The van der Waals surface area contributed by atoms with Crippen molar-refractivity contribution in [3.63, 3.8) is 0 Å². The third-order valence-corrected chi connectivity index (χ3v) is 3.72. The summed E-state index contributed by atoms with van der Waals surface area (Å²) in [4.78, 5) is 23.6. The minimum atomic E-state index is -0.0994. The van der Waals surface area contributed by atoms with E-state index in [4.69, 9.17) is 0 Å². The summed E-state index contributed by atoms with van der Waals surface area (Å²) in [7, 11) is 0. The standard InChI is InChI=1S/C16H23N3O2/c1-3-15(20)18-12-7-8-13(11(2)10-12)19-16(21)14-6-4-5-9-17-14/h7-8,10,14,17H,3-6,9H2,1-2H3,(H,18,20)(H,19,21)/t14-/m1/s1. The number of nitrogens with one attached hydrogen (secondary N) is 3. The van der Waals surface area contributed by atoms with E-state index in [9.17, 15) is 9.59 Å². The van der Waals surface area contributed by atoms with Gasteiger partial charge in [0, 0.05) is 17.8 Å². The Morgan fingerprint density at radius 1 is 1.29 bits per heavy atom. The van der Waals surface area contributed by atoms with Crippen LogP contribution < -0.4 is 16.0 Å². The maximum absolute atomic E-state index is 12.2. The largest absolute Gasteiger partial charge is 0.326 e. The first-order chi connectivity index (χ1) is 10.1. The molecule has 0 aromatic heterocycles. The van der Waals surface area contributed by atoms with Crippen LogP contribution in [0.25, 0.3) is 0 Å². The van der Waals surface area contributed by atoms with Crippen LogP contribution in [0.2, 0.25) is 0 Å². The number of hydrogen-bond acceptors (Lipinski definition) is 3. The average molecular weight is 289 g/mol. The SMILES string of the molecule is CCC(=O)Nc1ccc(NC(=O)[C@H]2CCCCN2)c(C)c1. The molecule has 0 aliphatic carbocycles. The van der Waals surface area contributed by atoms with Gasteiger partial charge in [-0.05, 0) is 50.1 Å². The van der Waals surface area contributed by atoms with Gasteiger partial charge in [-0.15, -0.1) is 0 Å². The summed E-state index contributed by atoms with van der Waals surface area (Å²) >= 11 is 0. The Bertz CT molecular complexity index is 522. The lowest BCUT2D eigenvalue weighted by Gasteiger charge is -2.23. The Labute approximate surface area is 125 Å². The van der Waals surface area contributed by atoms with Gasteiger partial charge in [0.25, 0.3) is 0 Å². The van der Waals surface area contributed by atoms with Gasteiger partial charge in [0.2, 0.25) is 11.8 Å². The summed E-state index contributed by atoms with van der Waals surface area (Å²) in [5, 5.41) is 9.01. The fraction of sp³-hybridized carbons (Fsp3) is 0.500. The zero-order valence-corrected chi connectivity index (χ0v) is 12.7. The average Bonchev–Trinajstić information content (AvgIpc) is 2.50. The van der Waals surface area contributed by atoms with Gasteiger partial charge in [-0.25, -0.2) is 0 Å². The Morgan fingerprint density at radius 2 is 2.10 bits per heavy atom. The van der Waals surface area contributed by atoms with Crippen LogP contribution in [-0.2, 0) is 9.59 Å². The lowest BCUT2D eigenvalue weighted by atomic mass is 10.0. The molecule has 1 fully saturated rings. The number of carbonyl (C=O) groups is 2. The Hall–Kier alpha value is -1.88. The second kappa shape index (κ2) is 7.22. The highest BCUT2D eigenvalue weighted by Gasteiger charge is 2.20. The molecule has 0 radical (unpaired) electrons. The zero-order chi connectivity index (χ0) is 15.2. The highest BCUT2D eigenvalue weighted by Crippen LogP contribution is 2.20. The first-order valence-corrected chi connectivity index (χ1v) is 7.55.